The molecule has 2 aromatic rings. The SMILES string of the molecule is O=C(Nc1cccc(Br)c1Cl)c1cc2c(cn1)CN(CCOC(F)F)CC2. The molecule has 5 nitrogen and oxygen atoms in total. The molecule has 1 aliphatic heterocycles. The van der Waals surface area contributed by atoms with Crippen LogP contribution in [0.4, 0.5) is 14.5 Å². The van der Waals surface area contributed by atoms with Gasteiger partial charge >= 0.3 is 6.61 Å². The summed E-state index contributed by atoms with van der Waals surface area (Å²) < 4.78 is 29.1. The minimum atomic E-state index is -2.75. The van der Waals surface area contributed by atoms with E-state index in [4.69, 9.17) is 11.6 Å². The fourth-order valence-corrected chi connectivity index (χ4v) is 3.41. The number of pyridine rings is 1. The number of amides is 1. The minimum absolute atomic E-state index is 0.0195. The predicted molar refractivity (Wildman–Crippen MR) is 102 cm³/mol. The topological polar surface area (TPSA) is 54.5 Å². The van der Waals surface area contributed by atoms with Gasteiger partial charge in [0.1, 0.15) is 5.69 Å². The fraction of sp³-hybridized carbons (Fsp3) is 0.333. The second-order valence-corrected chi connectivity index (χ2v) is 7.28. The Kier molecular flexibility index (Phi) is 6.75. The maximum Gasteiger partial charge on any atom is 0.345 e. The summed E-state index contributed by atoms with van der Waals surface area (Å²) in [7, 11) is 0. The molecule has 1 amide bonds. The Bertz CT molecular complexity index is 838. The molecule has 0 bridgehead atoms. The van der Waals surface area contributed by atoms with E-state index in [0.717, 1.165) is 11.1 Å². The number of aromatic nitrogens is 1. The van der Waals surface area contributed by atoms with Gasteiger partial charge in [-0.3, -0.25) is 14.7 Å². The van der Waals surface area contributed by atoms with Crippen molar-refractivity contribution in [3.63, 3.8) is 0 Å². The maximum absolute atomic E-state index is 12.5. The highest BCUT2D eigenvalue weighted by molar-refractivity contribution is 9.10. The number of nitrogens with one attached hydrogen (secondary N) is 1. The number of ether oxygens (including phenoxy) is 1. The van der Waals surface area contributed by atoms with Crippen LogP contribution >= 0.6 is 27.5 Å². The molecular weight excluding hydrogens is 444 g/mol. The average Bonchev–Trinajstić information content (AvgIpc) is 2.64. The molecular formula is C18H17BrClF2N3O2. The van der Waals surface area contributed by atoms with Crippen LogP contribution in [0.5, 0.6) is 0 Å². The number of carbonyl (C=O) groups excluding carboxylic acids is 1. The lowest BCUT2D eigenvalue weighted by Crippen LogP contribution is -2.34. The van der Waals surface area contributed by atoms with E-state index in [2.05, 4.69) is 31.0 Å². The number of benzene rings is 1. The van der Waals surface area contributed by atoms with Crippen molar-refractivity contribution in [3.8, 4) is 0 Å². The number of nitrogens with zero attached hydrogens (tertiary/aromatic N) is 2. The number of halogens is 4. The van der Waals surface area contributed by atoms with Gasteiger partial charge < -0.3 is 10.1 Å². The molecule has 0 unspecified atom stereocenters. The Hall–Kier alpha value is -1.61. The molecule has 0 atom stereocenters. The minimum Gasteiger partial charge on any atom is -0.322 e. The Balaban J connectivity index is 1.64. The van der Waals surface area contributed by atoms with Gasteiger partial charge in [0.15, 0.2) is 0 Å². The molecule has 0 saturated carbocycles. The van der Waals surface area contributed by atoms with Gasteiger partial charge in [-0.1, -0.05) is 17.7 Å². The van der Waals surface area contributed by atoms with Crippen LogP contribution in [0.15, 0.2) is 34.9 Å². The average molecular weight is 461 g/mol. The van der Waals surface area contributed by atoms with Crippen LogP contribution in [0, 0.1) is 0 Å². The lowest BCUT2D eigenvalue weighted by Gasteiger charge is -2.28. The maximum atomic E-state index is 12.5. The molecule has 27 heavy (non-hydrogen) atoms. The number of rotatable bonds is 6. The number of anilines is 1. The van der Waals surface area contributed by atoms with Gasteiger partial charge in [-0.25, -0.2) is 0 Å². The molecule has 2 heterocycles. The molecule has 0 radical (unpaired) electrons. The third-order valence-corrected chi connectivity index (χ3v) is 5.55. The quantitative estimate of drug-likeness (QED) is 0.696. The molecule has 1 aromatic carbocycles. The van der Waals surface area contributed by atoms with Crippen LogP contribution in [0.1, 0.15) is 21.6 Å². The van der Waals surface area contributed by atoms with Gasteiger partial charge in [0, 0.05) is 30.3 Å². The van der Waals surface area contributed by atoms with Crippen molar-refractivity contribution in [3.05, 3.63) is 56.8 Å². The molecule has 0 saturated heterocycles. The van der Waals surface area contributed by atoms with E-state index >= 15 is 0 Å². The number of hydrogen-bond donors (Lipinski definition) is 1. The van der Waals surface area contributed by atoms with Gasteiger partial charge in [-0.15, -0.1) is 0 Å². The largest absolute Gasteiger partial charge is 0.345 e. The molecule has 1 aromatic heterocycles. The van der Waals surface area contributed by atoms with E-state index in [1.807, 2.05) is 4.90 Å². The van der Waals surface area contributed by atoms with Crippen LogP contribution in [-0.2, 0) is 17.7 Å². The van der Waals surface area contributed by atoms with Gasteiger partial charge in [0.2, 0.25) is 0 Å². The van der Waals surface area contributed by atoms with Crippen LogP contribution in [0.3, 0.4) is 0 Å². The van der Waals surface area contributed by atoms with E-state index in [0.29, 0.717) is 46.9 Å². The third-order valence-electron chi connectivity index (χ3n) is 4.26. The van der Waals surface area contributed by atoms with Crippen molar-refractivity contribution < 1.29 is 18.3 Å². The lowest BCUT2D eigenvalue weighted by molar-refractivity contribution is -0.132. The van der Waals surface area contributed by atoms with Crippen molar-refractivity contribution in [1.29, 1.82) is 0 Å². The summed E-state index contributed by atoms with van der Waals surface area (Å²) in [5.41, 5.74) is 2.82. The van der Waals surface area contributed by atoms with E-state index < -0.39 is 6.61 Å². The summed E-state index contributed by atoms with van der Waals surface area (Å²) in [6.45, 7) is -1.04. The van der Waals surface area contributed by atoms with E-state index in [-0.39, 0.29) is 12.5 Å². The Morgan fingerprint density at radius 3 is 3.00 bits per heavy atom. The second kappa shape index (κ2) is 9.05. The highest BCUT2D eigenvalue weighted by Crippen LogP contribution is 2.30. The molecule has 0 fully saturated rings. The first-order valence-corrected chi connectivity index (χ1v) is 9.46. The summed E-state index contributed by atoms with van der Waals surface area (Å²) in [5, 5.41) is 3.18. The summed E-state index contributed by atoms with van der Waals surface area (Å²) in [6.07, 6.45) is 2.37. The molecule has 3 rings (SSSR count). The third kappa shape index (κ3) is 5.22. The van der Waals surface area contributed by atoms with Gasteiger partial charge in [-0.05, 0) is 51.7 Å². The zero-order valence-corrected chi connectivity index (χ0v) is 16.6. The van der Waals surface area contributed by atoms with Crippen molar-refractivity contribution in [2.75, 3.05) is 25.0 Å². The Labute approximate surface area is 168 Å². The summed E-state index contributed by atoms with van der Waals surface area (Å²) in [4.78, 5) is 18.7. The van der Waals surface area contributed by atoms with Crippen LogP contribution < -0.4 is 5.32 Å². The number of carbonyl (C=O) groups is 1. The number of alkyl halides is 2. The van der Waals surface area contributed by atoms with Gasteiger partial charge in [0.25, 0.3) is 5.91 Å². The van der Waals surface area contributed by atoms with E-state index in [1.54, 1.807) is 30.5 Å². The number of hydrogen-bond acceptors (Lipinski definition) is 4. The second-order valence-electron chi connectivity index (χ2n) is 6.05. The zero-order valence-electron chi connectivity index (χ0n) is 14.2. The van der Waals surface area contributed by atoms with Gasteiger partial charge in [0.05, 0.1) is 17.3 Å². The fourth-order valence-electron chi connectivity index (χ4n) is 2.87. The number of fused-ring (bicyclic) bond motifs is 1. The molecule has 9 heteroatoms. The van der Waals surface area contributed by atoms with Crippen molar-refractivity contribution in [2.24, 2.45) is 0 Å². The molecule has 0 spiro atoms. The summed E-state index contributed by atoms with van der Waals surface area (Å²) >= 11 is 9.49. The molecule has 1 N–H and O–H groups in total. The van der Waals surface area contributed by atoms with Crippen molar-refractivity contribution in [2.45, 2.75) is 19.6 Å². The standard InChI is InChI=1S/C18H17BrClF2N3O2/c19-13-2-1-3-14(16(13)20)24-17(26)15-8-11-4-5-25(6-7-27-18(21)22)10-12(11)9-23-15/h1-3,8-9,18H,4-7,10H2,(H,24,26). The van der Waals surface area contributed by atoms with Gasteiger partial charge in [-0.2, -0.15) is 8.78 Å². The van der Waals surface area contributed by atoms with Crippen molar-refractivity contribution in [1.82, 2.24) is 9.88 Å². The normalized spacial score (nSPS) is 14.3. The van der Waals surface area contributed by atoms with Crippen LogP contribution in [-0.4, -0.2) is 42.1 Å². The lowest BCUT2D eigenvalue weighted by atomic mass is 10.0. The smallest absolute Gasteiger partial charge is 0.322 e. The monoisotopic (exact) mass is 459 g/mol. The van der Waals surface area contributed by atoms with Crippen LogP contribution in [0.2, 0.25) is 5.02 Å². The first kappa shape index (κ1) is 20.1. The highest BCUT2D eigenvalue weighted by atomic mass is 79.9. The highest BCUT2D eigenvalue weighted by Gasteiger charge is 2.19. The summed E-state index contributed by atoms with van der Waals surface area (Å²) in [5.74, 6) is -0.342. The Morgan fingerprint density at radius 1 is 1.41 bits per heavy atom. The summed E-state index contributed by atoms with van der Waals surface area (Å²) in [6, 6.07) is 7.04. The molecule has 144 valence electrons. The molecule has 0 aliphatic carbocycles. The van der Waals surface area contributed by atoms with E-state index in [9.17, 15) is 13.6 Å². The first-order chi connectivity index (χ1) is 12.9. The van der Waals surface area contributed by atoms with Crippen LogP contribution in [0.25, 0.3) is 0 Å². The van der Waals surface area contributed by atoms with E-state index in [1.165, 1.54) is 0 Å². The first-order valence-electron chi connectivity index (χ1n) is 8.29. The predicted octanol–water partition coefficient (Wildman–Crippen LogP) is 4.35. The Morgan fingerprint density at radius 2 is 2.22 bits per heavy atom. The molecule has 1 aliphatic rings. The zero-order chi connectivity index (χ0) is 19.4. The van der Waals surface area contributed by atoms with Crippen molar-refractivity contribution >= 4 is 39.1 Å².